The van der Waals surface area contributed by atoms with Gasteiger partial charge in [0.15, 0.2) is 0 Å². The van der Waals surface area contributed by atoms with Crippen molar-refractivity contribution in [2.24, 2.45) is 0 Å². The van der Waals surface area contributed by atoms with Crippen LogP contribution in [0.15, 0.2) is 42.5 Å². The van der Waals surface area contributed by atoms with E-state index in [1.165, 1.54) is 12.1 Å². The lowest BCUT2D eigenvalue weighted by Crippen LogP contribution is -2.41. The zero-order valence-electron chi connectivity index (χ0n) is 12.0. The molecule has 2 aromatic carbocycles. The van der Waals surface area contributed by atoms with Gasteiger partial charge in [-0.2, -0.15) is 0 Å². The molecule has 0 aliphatic heterocycles. The number of carboxylic acid groups (broad SMARTS) is 1. The first-order valence-corrected chi connectivity index (χ1v) is 7.41. The Morgan fingerprint density at radius 1 is 1.04 bits per heavy atom. The highest BCUT2D eigenvalue weighted by molar-refractivity contribution is 6.31. The molecule has 0 aliphatic carbocycles. The topological polar surface area (TPSA) is 86.5 Å². The molecule has 0 aliphatic rings. The molecule has 0 saturated carbocycles. The van der Waals surface area contributed by atoms with E-state index in [0.29, 0.717) is 26.9 Å². The lowest BCUT2D eigenvalue weighted by atomic mass is 10.1. The van der Waals surface area contributed by atoms with Crippen LogP contribution in [0.5, 0.6) is 0 Å². The minimum absolute atomic E-state index is 0.00182. The van der Waals surface area contributed by atoms with Crippen molar-refractivity contribution in [3.63, 3.8) is 0 Å². The van der Waals surface area contributed by atoms with Gasteiger partial charge in [0, 0.05) is 27.8 Å². The van der Waals surface area contributed by atoms with E-state index in [9.17, 15) is 14.7 Å². The third-order valence-electron chi connectivity index (χ3n) is 3.16. The van der Waals surface area contributed by atoms with Crippen molar-refractivity contribution in [2.75, 3.05) is 12.3 Å². The molecule has 23 heavy (non-hydrogen) atoms. The number of carbonyl (C=O) groups is 2. The quantitative estimate of drug-likeness (QED) is 0.834. The lowest BCUT2D eigenvalue weighted by molar-refractivity contribution is -0.305. The maximum atomic E-state index is 12.5. The maximum Gasteiger partial charge on any atom is 0.254 e. The normalized spacial score (nSPS) is 10.3. The minimum Gasteiger partial charge on any atom is -0.548 e. The second-order valence-corrected chi connectivity index (χ2v) is 5.76. The SMILES string of the molecule is Nc1ccc(Cl)cc1CN(CC(=O)[O-])C(=O)c1ccc(Cl)cc1. The molecular formula is C16H13Cl2N2O3-. The first-order valence-electron chi connectivity index (χ1n) is 6.65. The van der Waals surface area contributed by atoms with Crippen LogP contribution >= 0.6 is 23.2 Å². The molecule has 7 heteroatoms. The van der Waals surface area contributed by atoms with Crippen LogP contribution in [0.3, 0.4) is 0 Å². The van der Waals surface area contributed by atoms with Gasteiger partial charge in [-0.1, -0.05) is 23.2 Å². The molecule has 0 saturated heterocycles. The van der Waals surface area contributed by atoms with Gasteiger partial charge in [0.05, 0.1) is 12.5 Å². The van der Waals surface area contributed by atoms with Crippen molar-refractivity contribution in [3.8, 4) is 0 Å². The first-order chi connectivity index (χ1) is 10.9. The van der Waals surface area contributed by atoms with Crippen LogP contribution < -0.4 is 10.8 Å². The zero-order chi connectivity index (χ0) is 17.0. The van der Waals surface area contributed by atoms with Gasteiger partial charge in [0.1, 0.15) is 0 Å². The number of hydrogen-bond acceptors (Lipinski definition) is 4. The van der Waals surface area contributed by atoms with Crippen molar-refractivity contribution in [2.45, 2.75) is 6.54 Å². The van der Waals surface area contributed by atoms with E-state index in [-0.39, 0.29) is 6.54 Å². The Balaban J connectivity index is 2.29. The molecule has 5 nitrogen and oxygen atoms in total. The van der Waals surface area contributed by atoms with Gasteiger partial charge < -0.3 is 20.5 Å². The van der Waals surface area contributed by atoms with Gasteiger partial charge in [0.25, 0.3) is 5.91 Å². The van der Waals surface area contributed by atoms with Gasteiger partial charge in [0.2, 0.25) is 0 Å². The van der Waals surface area contributed by atoms with Crippen molar-refractivity contribution in [1.82, 2.24) is 4.90 Å². The third-order valence-corrected chi connectivity index (χ3v) is 3.65. The zero-order valence-corrected chi connectivity index (χ0v) is 13.5. The maximum absolute atomic E-state index is 12.5. The molecule has 120 valence electrons. The van der Waals surface area contributed by atoms with Gasteiger partial charge >= 0.3 is 0 Å². The predicted octanol–water partition coefficient (Wildman–Crippen LogP) is 1.97. The summed E-state index contributed by atoms with van der Waals surface area (Å²) in [5.41, 5.74) is 7.14. The Hall–Kier alpha value is -2.24. The van der Waals surface area contributed by atoms with Crippen LogP contribution in [0.4, 0.5) is 5.69 Å². The van der Waals surface area contributed by atoms with E-state index < -0.39 is 18.4 Å². The number of carbonyl (C=O) groups excluding carboxylic acids is 2. The Morgan fingerprint density at radius 3 is 2.26 bits per heavy atom. The van der Waals surface area contributed by atoms with E-state index in [1.54, 1.807) is 30.3 Å². The largest absolute Gasteiger partial charge is 0.548 e. The average molecular weight is 352 g/mol. The Bertz CT molecular complexity index is 733. The van der Waals surface area contributed by atoms with E-state index in [2.05, 4.69) is 0 Å². The number of anilines is 1. The summed E-state index contributed by atoms with van der Waals surface area (Å²) < 4.78 is 0. The molecule has 0 fully saturated rings. The fourth-order valence-electron chi connectivity index (χ4n) is 2.05. The average Bonchev–Trinajstić information content (AvgIpc) is 2.50. The summed E-state index contributed by atoms with van der Waals surface area (Å²) in [6, 6.07) is 11.0. The number of nitrogens with two attached hydrogens (primary N) is 1. The molecule has 2 N–H and O–H groups in total. The van der Waals surface area contributed by atoms with E-state index >= 15 is 0 Å². The number of aliphatic carboxylic acids is 1. The molecular weight excluding hydrogens is 339 g/mol. The van der Waals surface area contributed by atoms with Crippen LogP contribution in [0.1, 0.15) is 15.9 Å². The molecule has 2 aromatic rings. The highest BCUT2D eigenvalue weighted by Crippen LogP contribution is 2.21. The summed E-state index contributed by atoms with van der Waals surface area (Å²) in [7, 11) is 0. The number of nitrogens with zero attached hydrogens (tertiary/aromatic N) is 1. The number of rotatable bonds is 5. The fraction of sp³-hybridized carbons (Fsp3) is 0.125. The third kappa shape index (κ3) is 4.61. The van der Waals surface area contributed by atoms with Crippen molar-refractivity contribution in [3.05, 3.63) is 63.6 Å². The molecule has 0 bridgehead atoms. The Kier molecular flexibility index (Phi) is 5.47. The molecule has 1 amide bonds. The van der Waals surface area contributed by atoms with E-state index in [0.717, 1.165) is 4.90 Å². The predicted molar refractivity (Wildman–Crippen MR) is 87.1 cm³/mol. The van der Waals surface area contributed by atoms with Crippen LogP contribution in [0, 0.1) is 0 Å². The van der Waals surface area contributed by atoms with Gasteiger partial charge in [-0.25, -0.2) is 0 Å². The smallest absolute Gasteiger partial charge is 0.254 e. The van der Waals surface area contributed by atoms with Gasteiger partial charge in [-0.05, 0) is 48.0 Å². The number of carboxylic acids is 1. The Labute approximate surface area is 143 Å². The number of hydrogen-bond donors (Lipinski definition) is 1. The second kappa shape index (κ2) is 7.35. The number of nitrogen functional groups attached to an aromatic ring is 1. The van der Waals surface area contributed by atoms with E-state index in [1.807, 2.05) is 0 Å². The number of halogens is 2. The van der Waals surface area contributed by atoms with Crippen LogP contribution in [-0.4, -0.2) is 23.3 Å². The lowest BCUT2D eigenvalue weighted by Gasteiger charge is -2.24. The summed E-state index contributed by atoms with van der Waals surface area (Å²) in [6.07, 6.45) is 0. The summed E-state index contributed by atoms with van der Waals surface area (Å²) in [5, 5.41) is 11.9. The molecule has 2 rings (SSSR count). The Morgan fingerprint density at radius 2 is 1.65 bits per heavy atom. The molecule has 0 aromatic heterocycles. The van der Waals surface area contributed by atoms with Crippen LogP contribution in [-0.2, 0) is 11.3 Å². The van der Waals surface area contributed by atoms with Crippen LogP contribution in [0.2, 0.25) is 10.0 Å². The molecule has 0 atom stereocenters. The summed E-state index contributed by atoms with van der Waals surface area (Å²) in [6.45, 7) is -0.560. The van der Waals surface area contributed by atoms with Crippen molar-refractivity contribution in [1.29, 1.82) is 0 Å². The van der Waals surface area contributed by atoms with E-state index in [4.69, 9.17) is 28.9 Å². The summed E-state index contributed by atoms with van der Waals surface area (Å²) >= 11 is 11.7. The minimum atomic E-state index is -1.37. The molecule has 0 unspecified atom stereocenters. The van der Waals surface area contributed by atoms with Gasteiger partial charge in [-0.15, -0.1) is 0 Å². The van der Waals surface area contributed by atoms with Crippen molar-refractivity contribution < 1.29 is 14.7 Å². The highest BCUT2D eigenvalue weighted by atomic mass is 35.5. The summed E-state index contributed by atoms with van der Waals surface area (Å²) in [4.78, 5) is 24.6. The number of benzene rings is 2. The van der Waals surface area contributed by atoms with Gasteiger partial charge in [-0.3, -0.25) is 4.79 Å². The van der Waals surface area contributed by atoms with Crippen molar-refractivity contribution >= 4 is 40.8 Å². The standard InChI is InChI=1S/C16H14Cl2N2O3/c17-12-3-1-10(2-4-12)16(23)20(9-15(21)22)8-11-7-13(18)5-6-14(11)19/h1-7H,8-9,19H2,(H,21,22)/p-1. The number of amides is 1. The first kappa shape index (κ1) is 17.1. The second-order valence-electron chi connectivity index (χ2n) is 4.88. The summed E-state index contributed by atoms with van der Waals surface area (Å²) in [5.74, 6) is -1.84. The molecule has 0 radical (unpaired) electrons. The molecule has 0 heterocycles. The van der Waals surface area contributed by atoms with Crippen LogP contribution in [0.25, 0.3) is 0 Å². The fourth-order valence-corrected chi connectivity index (χ4v) is 2.37. The highest BCUT2D eigenvalue weighted by Gasteiger charge is 2.17. The molecule has 0 spiro atoms. The monoisotopic (exact) mass is 351 g/mol.